The number of aliphatic hydroxyl groups excluding tert-OH is 1. The van der Waals surface area contributed by atoms with Crippen LogP contribution in [0, 0.1) is 0 Å². The molecule has 0 atom stereocenters. The van der Waals surface area contributed by atoms with Gasteiger partial charge in [-0.1, -0.05) is 19.0 Å². The summed E-state index contributed by atoms with van der Waals surface area (Å²) in [6.45, 7) is 4.94. The minimum Gasteiger partial charge on any atom is -0.396 e. The third-order valence-corrected chi connectivity index (χ3v) is 2.25. The van der Waals surface area contributed by atoms with Crippen LogP contribution in [0.15, 0.2) is 4.52 Å². The molecular weight excluding hydrogens is 236 g/mol. The Labute approximate surface area is 106 Å². The van der Waals surface area contributed by atoms with Crippen molar-refractivity contribution in [3.8, 4) is 0 Å². The number of nitrogens with zero attached hydrogens (tertiary/aromatic N) is 2. The summed E-state index contributed by atoms with van der Waals surface area (Å²) in [6.07, 6.45) is 1.06. The molecule has 7 nitrogen and oxygen atoms in total. The van der Waals surface area contributed by atoms with Gasteiger partial charge in [-0.2, -0.15) is 4.98 Å². The number of carbonyl (C=O) groups is 1. The Kier molecular flexibility index (Phi) is 6.13. The van der Waals surface area contributed by atoms with E-state index in [1.54, 1.807) is 0 Å². The van der Waals surface area contributed by atoms with Gasteiger partial charge in [0.05, 0.1) is 0 Å². The van der Waals surface area contributed by atoms with Gasteiger partial charge in [0, 0.05) is 32.0 Å². The minimum atomic E-state index is -0.257. The average Bonchev–Trinajstić information content (AvgIpc) is 2.78. The van der Waals surface area contributed by atoms with Crippen molar-refractivity contribution < 1.29 is 14.4 Å². The maximum atomic E-state index is 11.3. The Hall–Kier alpha value is -1.63. The Bertz CT molecular complexity index is 365. The Morgan fingerprint density at radius 3 is 2.72 bits per heavy atom. The number of urea groups is 1. The molecule has 0 radical (unpaired) electrons. The summed E-state index contributed by atoms with van der Waals surface area (Å²) in [5.74, 6) is 1.43. The molecule has 0 aromatic carbocycles. The largest absolute Gasteiger partial charge is 0.396 e. The van der Waals surface area contributed by atoms with Crippen molar-refractivity contribution >= 4 is 6.03 Å². The second-order valence-corrected chi connectivity index (χ2v) is 4.21. The van der Waals surface area contributed by atoms with E-state index in [9.17, 15) is 4.79 Å². The Morgan fingerprint density at radius 2 is 2.11 bits per heavy atom. The zero-order chi connectivity index (χ0) is 13.4. The SMILES string of the molecule is CC(C)c1noc(CCNC(=O)NCCCO)n1. The van der Waals surface area contributed by atoms with Gasteiger partial charge in [0.2, 0.25) is 5.89 Å². The number of amides is 2. The number of carbonyl (C=O) groups excluding carboxylic acids is 1. The van der Waals surface area contributed by atoms with Gasteiger partial charge in [0.1, 0.15) is 0 Å². The standard InChI is InChI=1S/C11H20N4O3/c1-8(2)10-14-9(18-15-10)4-6-13-11(17)12-5-3-7-16/h8,16H,3-7H2,1-2H3,(H2,12,13,17). The van der Waals surface area contributed by atoms with Crippen molar-refractivity contribution in [1.82, 2.24) is 20.8 Å². The van der Waals surface area contributed by atoms with Gasteiger partial charge in [-0.05, 0) is 6.42 Å². The first-order chi connectivity index (χ1) is 8.63. The molecule has 7 heteroatoms. The normalized spacial score (nSPS) is 10.7. The summed E-state index contributed by atoms with van der Waals surface area (Å²) >= 11 is 0. The van der Waals surface area contributed by atoms with E-state index in [-0.39, 0.29) is 18.6 Å². The molecule has 0 fully saturated rings. The first kappa shape index (κ1) is 14.4. The van der Waals surface area contributed by atoms with Crippen LogP contribution in [0.1, 0.15) is 37.9 Å². The lowest BCUT2D eigenvalue weighted by molar-refractivity contribution is 0.238. The second-order valence-electron chi connectivity index (χ2n) is 4.21. The number of rotatable bonds is 7. The predicted molar refractivity (Wildman–Crippen MR) is 65.2 cm³/mol. The Balaban J connectivity index is 2.18. The minimum absolute atomic E-state index is 0.0697. The molecule has 2 amide bonds. The highest BCUT2D eigenvalue weighted by Gasteiger charge is 2.09. The van der Waals surface area contributed by atoms with E-state index in [1.807, 2.05) is 13.8 Å². The lowest BCUT2D eigenvalue weighted by Gasteiger charge is -2.05. The predicted octanol–water partition coefficient (Wildman–Crippen LogP) is 0.417. The molecule has 1 aromatic heterocycles. The molecule has 0 aliphatic rings. The number of hydrogen-bond acceptors (Lipinski definition) is 5. The highest BCUT2D eigenvalue weighted by Crippen LogP contribution is 2.09. The van der Waals surface area contributed by atoms with E-state index >= 15 is 0 Å². The Morgan fingerprint density at radius 1 is 1.39 bits per heavy atom. The van der Waals surface area contributed by atoms with Crippen LogP contribution in [-0.2, 0) is 6.42 Å². The summed E-state index contributed by atoms with van der Waals surface area (Å²) < 4.78 is 5.04. The molecule has 1 heterocycles. The van der Waals surface area contributed by atoms with E-state index in [4.69, 9.17) is 9.63 Å². The van der Waals surface area contributed by atoms with Crippen molar-refractivity contribution in [2.24, 2.45) is 0 Å². The number of aliphatic hydroxyl groups is 1. The van der Waals surface area contributed by atoms with E-state index in [2.05, 4.69) is 20.8 Å². The monoisotopic (exact) mass is 256 g/mol. The van der Waals surface area contributed by atoms with Gasteiger partial charge < -0.3 is 20.3 Å². The van der Waals surface area contributed by atoms with Gasteiger partial charge in [-0.25, -0.2) is 4.79 Å². The van der Waals surface area contributed by atoms with Crippen LogP contribution in [0.4, 0.5) is 4.79 Å². The molecule has 0 spiro atoms. The third-order valence-electron chi connectivity index (χ3n) is 2.25. The van der Waals surface area contributed by atoms with Crippen LogP contribution < -0.4 is 10.6 Å². The summed E-state index contributed by atoms with van der Waals surface area (Å²) in [6, 6.07) is -0.257. The smallest absolute Gasteiger partial charge is 0.314 e. The lowest BCUT2D eigenvalue weighted by atomic mass is 10.2. The van der Waals surface area contributed by atoms with Gasteiger partial charge in [0.25, 0.3) is 0 Å². The van der Waals surface area contributed by atoms with Gasteiger partial charge in [0.15, 0.2) is 5.82 Å². The maximum absolute atomic E-state index is 11.3. The summed E-state index contributed by atoms with van der Waals surface area (Å²) in [5.41, 5.74) is 0. The zero-order valence-corrected chi connectivity index (χ0v) is 10.8. The van der Waals surface area contributed by atoms with E-state index in [0.29, 0.717) is 37.6 Å². The first-order valence-electron chi connectivity index (χ1n) is 6.08. The quantitative estimate of drug-likeness (QED) is 0.614. The molecule has 0 bridgehead atoms. The van der Waals surface area contributed by atoms with Gasteiger partial charge in [-0.3, -0.25) is 0 Å². The van der Waals surface area contributed by atoms with Crippen LogP contribution in [-0.4, -0.2) is 41.0 Å². The summed E-state index contributed by atoms with van der Waals surface area (Å²) in [4.78, 5) is 15.5. The molecule has 18 heavy (non-hydrogen) atoms. The van der Waals surface area contributed by atoms with Crippen LogP contribution in [0.2, 0.25) is 0 Å². The van der Waals surface area contributed by atoms with Crippen molar-refractivity contribution in [3.05, 3.63) is 11.7 Å². The van der Waals surface area contributed by atoms with Gasteiger partial charge in [-0.15, -0.1) is 0 Å². The molecule has 0 saturated heterocycles. The van der Waals surface area contributed by atoms with Crippen LogP contribution in [0.25, 0.3) is 0 Å². The summed E-state index contributed by atoms with van der Waals surface area (Å²) in [7, 11) is 0. The fourth-order valence-corrected chi connectivity index (χ4v) is 1.23. The van der Waals surface area contributed by atoms with Crippen molar-refractivity contribution in [2.75, 3.05) is 19.7 Å². The fourth-order valence-electron chi connectivity index (χ4n) is 1.23. The number of aromatic nitrogens is 2. The third kappa shape index (κ3) is 5.13. The lowest BCUT2D eigenvalue weighted by Crippen LogP contribution is -2.37. The van der Waals surface area contributed by atoms with E-state index < -0.39 is 0 Å². The molecule has 1 aromatic rings. The molecule has 0 saturated carbocycles. The zero-order valence-electron chi connectivity index (χ0n) is 10.8. The highest BCUT2D eigenvalue weighted by molar-refractivity contribution is 5.73. The van der Waals surface area contributed by atoms with Crippen LogP contribution in [0.3, 0.4) is 0 Å². The first-order valence-corrected chi connectivity index (χ1v) is 6.08. The molecule has 1 rings (SSSR count). The van der Waals surface area contributed by atoms with E-state index in [0.717, 1.165) is 0 Å². The summed E-state index contributed by atoms with van der Waals surface area (Å²) in [5, 5.41) is 17.7. The topological polar surface area (TPSA) is 100 Å². The average molecular weight is 256 g/mol. The van der Waals surface area contributed by atoms with Crippen molar-refractivity contribution in [2.45, 2.75) is 32.6 Å². The molecule has 0 aliphatic heterocycles. The van der Waals surface area contributed by atoms with E-state index in [1.165, 1.54) is 0 Å². The van der Waals surface area contributed by atoms with Gasteiger partial charge >= 0.3 is 6.03 Å². The van der Waals surface area contributed by atoms with Crippen LogP contribution in [0.5, 0.6) is 0 Å². The molecule has 0 unspecified atom stereocenters. The van der Waals surface area contributed by atoms with Crippen molar-refractivity contribution in [1.29, 1.82) is 0 Å². The molecular formula is C11H20N4O3. The van der Waals surface area contributed by atoms with Crippen molar-refractivity contribution in [3.63, 3.8) is 0 Å². The molecule has 102 valence electrons. The second kappa shape index (κ2) is 7.65. The molecule has 3 N–H and O–H groups in total. The maximum Gasteiger partial charge on any atom is 0.314 e. The van der Waals surface area contributed by atoms with Crippen LogP contribution >= 0.6 is 0 Å². The number of nitrogens with one attached hydrogen (secondary N) is 2. The number of hydrogen-bond donors (Lipinski definition) is 3. The molecule has 0 aliphatic carbocycles. The highest BCUT2D eigenvalue weighted by atomic mass is 16.5. The fraction of sp³-hybridized carbons (Fsp3) is 0.727.